The van der Waals surface area contributed by atoms with Gasteiger partial charge in [0.25, 0.3) is 7.82 Å². The van der Waals surface area contributed by atoms with Crippen LogP contribution in [0.25, 0.3) is 0 Å². The Kier molecular flexibility index (Phi) is 59.4. The van der Waals surface area contributed by atoms with E-state index in [1.54, 1.807) is 6.08 Å². The predicted molar refractivity (Wildman–Crippen MR) is 344 cm³/mol. The van der Waals surface area contributed by atoms with Gasteiger partial charge in [0.1, 0.15) is 13.2 Å². The Morgan fingerprint density at radius 2 is 0.772 bits per heavy atom. The number of aliphatic hydroxyl groups excluding tert-OH is 1. The molecule has 3 unspecified atom stereocenters. The van der Waals surface area contributed by atoms with Crippen LogP contribution in [-0.2, 0) is 18.4 Å². The van der Waals surface area contributed by atoms with Crippen LogP contribution in [-0.4, -0.2) is 68.5 Å². The minimum Gasteiger partial charge on any atom is -0.756 e. The Morgan fingerprint density at radius 1 is 0.456 bits per heavy atom. The second kappa shape index (κ2) is 60.8. The summed E-state index contributed by atoms with van der Waals surface area (Å²) in [7, 11) is 1.27. The molecular formula is C70H133N2O6P. The second-order valence-electron chi connectivity index (χ2n) is 24.5. The molecule has 0 aliphatic rings. The van der Waals surface area contributed by atoms with E-state index in [1.807, 2.05) is 27.2 Å². The summed E-state index contributed by atoms with van der Waals surface area (Å²) in [6.45, 7) is 4.58. The first-order valence-corrected chi connectivity index (χ1v) is 35.6. The van der Waals surface area contributed by atoms with Crippen LogP contribution in [0, 0.1) is 0 Å². The lowest BCUT2D eigenvalue weighted by atomic mass is 10.0. The first kappa shape index (κ1) is 77.2. The van der Waals surface area contributed by atoms with Gasteiger partial charge >= 0.3 is 0 Å². The van der Waals surface area contributed by atoms with Gasteiger partial charge in [-0.1, -0.05) is 325 Å². The van der Waals surface area contributed by atoms with Gasteiger partial charge in [0.2, 0.25) is 5.91 Å². The molecule has 464 valence electrons. The number of aliphatic hydroxyl groups is 1. The molecule has 9 heteroatoms. The molecule has 0 aromatic carbocycles. The van der Waals surface area contributed by atoms with E-state index in [2.05, 4.69) is 67.8 Å². The molecule has 1 amide bonds. The van der Waals surface area contributed by atoms with Gasteiger partial charge in [0.15, 0.2) is 0 Å². The number of phosphoric acid groups is 1. The third kappa shape index (κ3) is 63.6. The highest BCUT2D eigenvalue weighted by Gasteiger charge is 2.23. The average molecular weight is 1130 g/mol. The van der Waals surface area contributed by atoms with E-state index in [1.165, 1.54) is 244 Å². The Balaban J connectivity index is 4.08. The zero-order chi connectivity index (χ0) is 57.7. The Hall–Kier alpha value is -1.80. The van der Waals surface area contributed by atoms with E-state index in [0.717, 1.165) is 64.2 Å². The molecule has 0 spiro atoms. The van der Waals surface area contributed by atoms with E-state index >= 15 is 0 Å². The first-order chi connectivity index (χ1) is 38.5. The Morgan fingerprint density at radius 3 is 1.13 bits per heavy atom. The molecule has 0 aliphatic carbocycles. The SMILES string of the molecule is CC/C=C\C/C=C\C/C=C\C/C=C\CCCCCCCCCCCCCCCCCCC(=O)NC(COP(=O)([O-])OCC[N+](C)(C)C)C(O)/C=C/CCCCCCCCCCCCCCCCCCCCCCCCCCCC. The molecule has 0 radical (unpaired) electrons. The maximum atomic E-state index is 13.0. The number of hydrogen-bond donors (Lipinski definition) is 2. The highest BCUT2D eigenvalue weighted by atomic mass is 31.2. The van der Waals surface area contributed by atoms with Gasteiger partial charge in [0.05, 0.1) is 39.9 Å². The molecule has 0 fully saturated rings. The minimum atomic E-state index is -4.60. The van der Waals surface area contributed by atoms with Crippen LogP contribution in [0.3, 0.4) is 0 Å². The molecule has 0 saturated carbocycles. The van der Waals surface area contributed by atoms with Crippen molar-refractivity contribution in [2.75, 3.05) is 40.9 Å². The zero-order valence-corrected chi connectivity index (χ0v) is 54.0. The van der Waals surface area contributed by atoms with Crippen LogP contribution in [0.5, 0.6) is 0 Å². The lowest BCUT2D eigenvalue weighted by molar-refractivity contribution is -0.870. The summed E-state index contributed by atoms with van der Waals surface area (Å²) >= 11 is 0. The average Bonchev–Trinajstić information content (AvgIpc) is 3.42. The number of amides is 1. The highest BCUT2D eigenvalue weighted by Crippen LogP contribution is 2.38. The second-order valence-corrected chi connectivity index (χ2v) is 25.9. The summed E-state index contributed by atoms with van der Waals surface area (Å²) in [4.78, 5) is 25.6. The third-order valence-electron chi connectivity index (χ3n) is 15.5. The molecular weight excluding hydrogens is 996 g/mol. The van der Waals surface area contributed by atoms with E-state index in [-0.39, 0.29) is 19.1 Å². The van der Waals surface area contributed by atoms with E-state index in [4.69, 9.17) is 9.05 Å². The van der Waals surface area contributed by atoms with E-state index < -0.39 is 20.0 Å². The number of phosphoric ester groups is 1. The standard InChI is InChI=1S/C70H133N2O6P/c1-6-8-10-12-14-16-18-20-22-24-26-28-30-32-34-36-38-40-42-44-46-48-50-52-54-56-58-60-62-64-70(74)71-68(67-78-79(75,76)77-66-65-72(3,4)5)69(73)63-61-59-57-55-53-51-49-47-45-43-41-39-37-35-33-31-29-27-25-23-21-19-17-15-13-11-9-7-2/h8,10,14,16,20,22,26,28,61,63,68-69,73H,6-7,9,11-13,15,17-19,21,23-25,27,29-60,62,64-67H2,1-5H3,(H-,71,74,75,76)/b10-8-,16-14-,22-20-,28-26-,63-61+. The van der Waals surface area contributed by atoms with E-state index in [0.29, 0.717) is 17.4 Å². The van der Waals surface area contributed by atoms with Crippen molar-refractivity contribution >= 4 is 13.7 Å². The van der Waals surface area contributed by atoms with Crippen LogP contribution in [0.4, 0.5) is 0 Å². The van der Waals surface area contributed by atoms with Gasteiger partial charge in [0, 0.05) is 6.42 Å². The van der Waals surface area contributed by atoms with Crippen molar-refractivity contribution in [2.24, 2.45) is 0 Å². The van der Waals surface area contributed by atoms with Gasteiger partial charge in [-0.15, -0.1) is 0 Å². The van der Waals surface area contributed by atoms with Crippen LogP contribution >= 0.6 is 7.82 Å². The molecule has 79 heavy (non-hydrogen) atoms. The number of rotatable bonds is 63. The van der Waals surface area contributed by atoms with Gasteiger partial charge in [-0.3, -0.25) is 9.36 Å². The quantitative estimate of drug-likeness (QED) is 0.0272. The lowest BCUT2D eigenvalue weighted by Gasteiger charge is -2.29. The number of unbranched alkanes of at least 4 members (excludes halogenated alkanes) is 42. The van der Waals surface area contributed by atoms with E-state index in [9.17, 15) is 19.4 Å². The van der Waals surface area contributed by atoms with Crippen molar-refractivity contribution < 1.29 is 32.9 Å². The third-order valence-corrected chi connectivity index (χ3v) is 16.4. The highest BCUT2D eigenvalue weighted by molar-refractivity contribution is 7.45. The summed E-state index contributed by atoms with van der Waals surface area (Å²) in [5.74, 6) is -0.194. The maximum absolute atomic E-state index is 13.0. The number of carbonyl (C=O) groups is 1. The molecule has 0 aromatic heterocycles. The maximum Gasteiger partial charge on any atom is 0.268 e. The Labute approximate surface area is 492 Å². The Bertz CT molecular complexity index is 1470. The summed E-state index contributed by atoms with van der Waals surface area (Å²) < 4.78 is 23.5. The van der Waals surface area contributed by atoms with Gasteiger partial charge in [-0.2, -0.15) is 0 Å². The number of carbonyl (C=O) groups excluding carboxylic acids is 1. The first-order valence-electron chi connectivity index (χ1n) is 34.2. The van der Waals surface area contributed by atoms with Gasteiger partial charge < -0.3 is 28.8 Å². The number of likely N-dealkylation sites (N-methyl/N-ethyl adjacent to an activating group) is 1. The van der Waals surface area contributed by atoms with Crippen LogP contribution in [0.15, 0.2) is 60.8 Å². The number of hydrogen-bond acceptors (Lipinski definition) is 6. The molecule has 0 aliphatic heterocycles. The van der Waals surface area contributed by atoms with Crippen molar-refractivity contribution in [1.82, 2.24) is 5.32 Å². The number of quaternary nitrogens is 1. The molecule has 2 N–H and O–H groups in total. The minimum absolute atomic E-state index is 0.00101. The molecule has 0 rings (SSSR count). The number of allylic oxidation sites excluding steroid dienone is 9. The molecule has 3 atom stereocenters. The fourth-order valence-corrected chi connectivity index (χ4v) is 10.9. The molecule has 0 bridgehead atoms. The molecule has 0 heterocycles. The topological polar surface area (TPSA) is 108 Å². The summed E-state index contributed by atoms with van der Waals surface area (Å²) in [5.41, 5.74) is 0. The smallest absolute Gasteiger partial charge is 0.268 e. The normalized spacial score (nSPS) is 14.1. The fraction of sp³-hybridized carbons (Fsp3) is 0.843. The molecule has 0 aromatic rings. The van der Waals surface area contributed by atoms with Gasteiger partial charge in [-0.25, -0.2) is 0 Å². The van der Waals surface area contributed by atoms with Crippen molar-refractivity contribution in [3.63, 3.8) is 0 Å². The lowest BCUT2D eigenvalue weighted by Crippen LogP contribution is -2.45. The summed E-state index contributed by atoms with van der Waals surface area (Å²) in [5, 5.41) is 14.0. The predicted octanol–water partition coefficient (Wildman–Crippen LogP) is 21.0. The fourth-order valence-electron chi connectivity index (χ4n) is 10.2. The van der Waals surface area contributed by atoms with Gasteiger partial charge in [-0.05, 0) is 57.8 Å². The van der Waals surface area contributed by atoms with Crippen LogP contribution < -0.4 is 10.2 Å². The van der Waals surface area contributed by atoms with Crippen LogP contribution in [0.2, 0.25) is 0 Å². The molecule has 8 nitrogen and oxygen atoms in total. The van der Waals surface area contributed by atoms with Crippen LogP contribution in [0.1, 0.15) is 328 Å². The van der Waals surface area contributed by atoms with Crippen molar-refractivity contribution in [1.29, 1.82) is 0 Å². The summed E-state index contributed by atoms with van der Waals surface area (Å²) in [6, 6.07) is -0.889. The van der Waals surface area contributed by atoms with Crippen molar-refractivity contribution in [2.45, 2.75) is 341 Å². The largest absolute Gasteiger partial charge is 0.756 e. The van der Waals surface area contributed by atoms with Crippen molar-refractivity contribution in [3.05, 3.63) is 60.8 Å². The summed E-state index contributed by atoms with van der Waals surface area (Å²) in [6.07, 6.45) is 83.3. The number of nitrogens with one attached hydrogen (secondary N) is 1. The number of nitrogens with zero attached hydrogens (tertiary/aromatic N) is 1. The monoisotopic (exact) mass is 1130 g/mol. The van der Waals surface area contributed by atoms with Crippen molar-refractivity contribution in [3.8, 4) is 0 Å². The molecule has 0 saturated heterocycles. The zero-order valence-electron chi connectivity index (χ0n) is 53.1.